The van der Waals surface area contributed by atoms with Crippen LogP contribution < -0.4 is 10.2 Å². The van der Waals surface area contributed by atoms with Crippen LogP contribution in [0, 0.1) is 0 Å². The van der Waals surface area contributed by atoms with Crippen molar-refractivity contribution in [1.29, 1.82) is 0 Å². The summed E-state index contributed by atoms with van der Waals surface area (Å²) >= 11 is 0. The molecule has 0 aromatic heterocycles. The standard InChI is InChI=1S/C27H44N2O4/c1-2-3-4-5-6-7-8-9-10-11-12-13-14-15-16-17-26(30)29-28-22-24-18-20-25(21-19-24)33-23-27(31)32/h18-22H,2-17,23H2,1H3,(H,29,30)(H,31,32)/b28-22-. The van der Waals surface area contributed by atoms with E-state index in [1.165, 1.54) is 83.5 Å². The maximum atomic E-state index is 11.9. The highest BCUT2D eigenvalue weighted by Crippen LogP contribution is 2.14. The summed E-state index contributed by atoms with van der Waals surface area (Å²) in [4.78, 5) is 22.4. The predicted octanol–water partition coefficient (Wildman–Crippen LogP) is 6.86. The Balaban J connectivity index is 1.92. The molecule has 33 heavy (non-hydrogen) atoms. The average Bonchev–Trinajstić information content (AvgIpc) is 2.81. The number of carbonyl (C=O) groups is 2. The third-order valence-electron chi connectivity index (χ3n) is 5.65. The lowest BCUT2D eigenvalue weighted by Gasteiger charge is -2.04. The monoisotopic (exact) mass is 460 g/mol. The van der Waals surface area contributed by atoms with Gasteiger partial charge in [0.2, 0.25) is 5.91 Å². The van der Waals surface area contributed by atoms with Crippen LogP contribution in [0.5, 0.6) is 5.75 Å². The molecule has 0 radical (unpaired) electrons. The maximum Gasteiger partial charge on any atom is 0.341 e. The number of amides is 1. The average molecular weight is 461 g/mol. The minimum atomic E-state index is -1.02. The molecule has 0 heterocycles. The van der Waals surface area contributed by atoms with E-state index in [1.54, 1.807) is 30.5 Å². The van der Waals surface area contributed by atoms with Crippen molar-refractivity contribution in [3.63, 3.8) is 0 Å². The number of benzene rings is 1. The Bertz CT molecular complexity index is 659. The number of nitrogens with one attached hydrogen (secondary N) is 1. The minimum absolute atomic E-state index is 0.0673. The topological polar surface area (TPSA) is 88.0 Å². The van der Waals surface area contributed by atoms with E-state index in [1.807, 2.05) is 0 Å². The Morgan fingerprint density at radius 3 is 1.79 bits per heavy atom. The molecule has 0 bridgehead atoms. The summed E-state index contributed by atoms with van der Waals surface area (Å²) in [5.41, 5.74) is 3.35. The van der Waals surface area contributed by atoms with E-state index in [-0.39, 0.29) is 12.5 Å². The molecule has 1 aromatic carbocycles. The zero-order chi connectivity index (χ0) is 24.0. The molecule has 1 amide bonds. The minimum Gasteiger partial charge on any atom is -0.482 e. The highest BCUT2D eigenvalue weighted by Gasteiger charge is 2.01. The van der Waals surface area contributed by atoms with Crippen LogP contribution >= 0.6 is 0 Å². The van der Waals surface area contributed by atoms with E-state index in [9.17, 15) is 9.59 Å². The van der Waals surface area contributed by atoms with Crippen LogP contribution in [0.15, 0.2) is 29.4 Å². The fourth-order valence-electron chi connectivity index (χ4n) is 3.69. The first-order valence-electron chi connectivity index (χ1n) is 12.9. The van der Waals surface area contributed by atoms with Gasteiger partial charge >= 0.3 is 5.97 Å². The summed E-state index contributed by atoms with van der Waals surface area (Å²) in [7, 11) is 0. The number of carboxylic acid groups (broad SMARTS) is 1. The molecule has 0 saturated carbocycles. The van der Waals surface area contributed by atoms with E-state index >= 15 is 0 Å². The Labute approximate surface area is 200 Å². The number of carboxylic acids is 1. The van der Waals surface area contributed by atoms with Crippen LogP contribution in [0.2, 0.25) is 0 Å². The number of hydrogen-bond acceptors (Lipinski definition) is 4. The summed E-state index contributed by atoms with van der Waals surface area (Å²) in [6.45, 7) is 1.89. The first-order chi connectivity index (χ1) is 16.1. The molecular weight excluding hydrogens is 416 g/mol. The largest absolute Gasteiger partial charge is 0.482 e. The summed E-state index contributed by atoms with van der Waals surface area (Å²) in [5.74, 6) is -0.605. The van der Waals surface area contributed by atoms with Crippen molar-refractivity contribution in [1.82, 2.24) is 5.43 Å². The van der Waals surface area contributed by atoms with Crippen molar-refractivity contribution in [2.45, 2.75) is 110 Å². The molecule has 1 aromatic rings. The van der Waals surface area contributed by atoms with E-state index in [4.69, 9.17) is 9.84 Å². The van der Waals surface area contributed by atoms with Gasteiger partial charge < -0.3 is 9.84 Å². The van der Waals surface area contributed by atoms with Crippen molar-refractivity contribution < 1.29 is 19.4 Å². The van der Waals surface area contributed by atoms with Gasteiger partial charge in [-0.1, -0.05) is 96.8 Å². The smallest absolute Gasteiger partial charge is 0.341 e. The van der Waals surface area contributed by atoms with Gasteiger partial charge in [-0.25, -0.2) is 10.2 Å². The number of carbonyl (C=O) groups excluding carboxylic acids is 1. The molecule has 0 aliphatic rings. The molecule has 6 nitrogen and oxygen atoms in total. The van der Waals surface area contributed by atoms with Crippen LogP contribution in [0.4, 0.5) is 0 Å². The fourth-order valence-corrected chi connectivity index (χ4v) is 3.69. The number of aliphatic carboxylic acids is 1. The van der Waals surface area contributed by atoms with Crippen LogP contribution in [0.1, 0.15) is 115 Å². The van der Waals surface area contributed by atoms with Crippen molar-refractivity contribution in [2.24, 2.45) is 5.10 Å². The lowest BCUT2D eigenvalue weighted by Crippen LogP contribution is -2.16. The van der Waals surface area contributed by atoms with Crippen molar-refractivity contribution in [3.8, 4) is 5.75 Å². The van der Waals surface area contributed by atoms with Crippen LogP contribution in [-0.4, -0.2) is 29.8 Å². The summed E-state index contributed by atoms with van der Waals surface area (Å²) < 4.78 is 5.07. The molecule has 2 N–H and O–H groups in total. The Morgan fingerprint density at radius 1 is 0.818 bits per heavy atom. The molecule has 6 heteroatoms. The van der Waals surface area contributed by atoms with Gasteiger partial charge in [-0.2, -0.15) is 5.10 Å². The van der Waals surface area contributed by atoms with Crippen molar-refractivity contribution in [2.75, 3.05) is 6.61 Å². The van der Waals surface area contributed by atoms with E-state index in [0.29, 0.717) is 12.2 Å². The lowest BCUT2D eigenvalue weighted by molar-refractivity contribution is -0.139. The first kappa shape index (κ1) is 28.7. The Hall–Kier alpha value is -2.37. The van der Waals surface area contributed by atoms with Crippen LogP contribution in [-0.2, 0) is 9.59 Å². The third-order valence-corrected chi connectivity index (χ3v) is 5.65. The van der Waals surface area contributed by atoms with Crippen LogP contribution in [0.3, 0.4) is 0 Å². The Morgan fingerprint density at radius 2 is 1.30 bits per heavy atom. The summed E-state index contributed by atoms with van der Waals surface area (Å²) in [6, 6.07) is 6.84. The molecule has 0 atom stereocenters. The summed E-state index contributed by atoms with van der Waals surface area (Å²) in [5, 5.41) is 12.6. The van der Waals surface area contributed by atoms with E-state index in [0.717, 1.165) is 18.4 Å². The number of unbranched alkanes of at least 4 members (excludes halogenated alkanes) is 14. The van der Waals surface area contributed by atoms with Crippen molar-refractivity contribution in [3.05, 3.63) is 29.8 Å². The highest BCUT2D eigenvalue weighted by molar-refractivity contribution is 5.82. The van der Waals surface area contributed by atoms with Gasteiger partial charge in [-0.3, -0.25) is 4.79 Å². The fraction of sp³-hybridized carbons (Fsp3) is 0.667. The van der Waals surface area contributed by atoms with Crippen molar-refractivity contribution >= 4 is 18.1 Å². The zero-order valence-corrected chi connectivity index (χ0v) is 20.5. The third kappa shape index (κ3) is 17.8. The normalized spacial score (nSPS) is 11.1. The quantitative estimate of drug-likeness (QED) is 0.119. The second kappa shape index (κ2) is 20.3. The van der Waals surface area contributed by atoms with Gasteiger partial charge in [0.1, 0.15) is 5.75 Å². The molecule has 0 aliphatic heterocycles. The molecule has 0 unspecified atom stereocenters. The molecule has 0 aliphatic carbocycles. The predicted molar refractivity (Wildman–Crippen MR) is 135 cm³/mol. The van der Waals surface area contributed by atoms with Gasteiger partial charge in [-0.05, 0) is 36.2 Å². The Kier molecular flexibility index (Phi) is 17.6. The highest BCUT2D eigenvalue weighted by atomic mass is 16.5. The molecular formula is C27H44N2O4. The lowest BCUT2D eigenvalue weighted by atomic mass is 10.0. The number of rotatable bonds is 21. The van der Waals surface area contributed by atoms with Gasteiger partial charge in [0.05, 0.1) is 6.21 Å². The first-order valence-corrected chi connectivity index (χ1v) is 12.9. The number of hydrazone groups is 1. The second-order valence-corrected chi connectivity index (χ2v) is 8.74. The maximum absolute atomic E-state index is 11.9. The second-order valence-electron chi connectivity index (χ2n) is 8.74. The molecule has 1 rings (SSSR count). The van der Waals surface area contributed by atoms with Gasteiger partial charge in [0, 0.05) is 6.42 Å². The zero-order valence-electron chi connectivity index (χ0n) is 20.5. The molecule has 0 spiro atoms. The number of ether oxygens (including phenoxy) is 1. The molecule has 0 fully saturated rings. The van der Waals surface area contributed by atoms with Gasteiger partial charge in [0.25, 0.3) is 0 Å². The number of nitrogens with zero attached hydrogens (tertiary/aromatic N) is 1. The molecule has 0 saturated heterocycles. The number of hydrogen-bond donors (Lipinski definition) is 2. The van der Waals surface area contributed by atoms with Gasteiger partial charge in [0.15, 0.2) is 6.61 Å². The van der Waals surface area contributed by atoms with E-state index in [2.05, 4.69) is 17.5 Å². The molecule has 186 valence electrons. The summed E-state index contributed by atoms with van der Waals surface area (Å²) in [6.07, 6.45) is 21.7. The SMILES string of the molecule is CCCCCCCCCCCCCCCCCC(=O)N/N=C\c1ccc(OCC(=O)O)cc1. The van der Waals surface area contributed by atoms with Gasteiger partial charge in [-0.15, -0.1) is 0 Å². The van der Waals surface area contributed by atoms with Crippen LogP contribution in [0.25, 0.3) is 0 Å². The van der Waals surface area contributed by atoms with E-state index < -0.39 is 5.97 Å².